The summed E-state index contributed by atoms with van der Waals surface area (Å²) >= 11 is 0. The number of hydrogen-bond acceptors (Lipinski definition) is 5. The minimum atomic E-state index is -0.811. The first kappa shape index (κ1) is 14.5. The molecule has 1 heterocycles. The fourth-order valence-corrected chi connectivity index (χ4v) is 2.66. The lowest BCUT2D eigenvalue weighted by atomic mass is 9.93. The van der Waals surface area contributed by atoms with Gasteiger partial charge in [0.25, 0.3) is 0 Å². The van der Waals surface area contributed by atoms with E-state index in [1.54, 1.807) is 25.1 Å². The molecule has 0 bridgehead atoms. The molecule has 2 atom stereocenters. The first-order valence-corrected chi connectivity index (χ1v) is 7.03. The average molecular weight is 302 g/mol. The predicted octanol–water partition coefficient (Wildman–Crippen LogP) is 2.45. The summed E-state index contributed by atoms with van der Waals surface area (Å²) in [5, 5.41) is 30.2. The minimum absolute atomic E-state index is 0.0404. The van der Waals surface area contributed by atoms with Crippen LogP contribution in [0.2, 0.25) is 0 Å². The van der Waals surface area contributed by atoms with Crippen LogP contribution in [0.3, 0.4) is 0 Å². The standard InChI is InChI=1S/C17H18O5/c1-9-3-4-10(5-13(9)18)17-15(20)8-12-14(19)6-11(21-2)7-16(12)22-17/h3-7,15,17-20H,8H2,1-2H3. The lowest BCUT2D eigenvalue weighted by Crippen LogP contribution is -2.30. The molecule has 1 aliphatic heterocycles. The zero-order chi connectivity index (χ0) is 15.9. The lowest BCUT2D eigenvalue weighted by Gasteiger charge is -2.31. The van der Waals surface area contributed by atoms with Crippen LogP contribution in [-0.4, -0.2) is 28.5 Å². The number of hydrogen-bond donors (Lipinski definition) is 3. The van der Waals surface area contributed by atoms with Gasteiger partial charge in [0.05, 0.1) is 13.2 Å². The van der Waals surface area contributed by atoms with Gasteiger partial charge in [-0.1, -0.05) is 12.1 Å². The summed E-state index contributed by atoms with van der Waals surface area (Å²) in [5.41, 5.74) is 2.00. The Morgan fingerprint density at radius 2 is 1.91 bits per heavy atom. The van der Waals surface area contributed by atoms with Crippen molar-refractivity contribution in [3.63, 3.8) is 0 Å². The number of ether oxygens (including phenoxy) is 2. The zero-order valence-corrected chi connectivity index (χ0v) is 12.4. The van der Waals surface area contributed by atoms with E-state index in [1.807, 2.05) is 6.07 Å². The third kappa shape index (κ3) is 2.44. The van der Waals surface area contributed by atoms with E-state index in [0.717, 1.165) is 5.56 Å². The van der Waals surface area contributed by atoms with Crippen molar-refractivity contribution in [3.05, 3.63) is 47.0 Å². The van der Waals surface area contributed by atoms with Crippen LogP contribution in [0.25, 0.3) is 0 Å². The molecule has 0 aromatic heterocycles. The first-order chi connectivity index (χ1) is 10.5. The van der Waals surface area contributed by atoms with Crippen molar-refractivity contribution in [2.75, 3.05) is 7.11 Å². The van der Waals surface area contributed by atoms with Crippen molar-refractivity contribution in [3.8, 4) is 23.0 Å². The lowest BCUT2D eigenvalue weighted by molar-refractivity contribution is 0.0197. The molecule has 1 aliphatic rings. The van der Waals surface area contributed by atoms with Gasteiger partial charge in [-0.05, 0) is 24.1 Å². The molecule has 116 valence electrons. The van der Waals surface area contributed by atoms with Crippen LogP contribution in [0, 0.1) is 6.92 Å². The van der Waals surface area contributed by atoms with Crippen LogP contribution in [0.1, 0.15) is 22.8 Å². The van der Waals surface area contributed by atoms with E-state index >= 15 is 0 Å². The number of aliphatic hydroxyl groups excluding tert-OH is 1. The van der Waals surface area contributed by atoms with Gasteiger partial charge < -0.3 is 24.8 Å². The van der Waals surface area contributed by atoms with Gasteiger partial charge in [-0.15, -0.1) is 0 Å². The number of fused-ring (bicyclic) bond motifs is 1. The molecular weight excluding hydrogens is 284 g/mol. The Bertz CT molecular complexity index is 710. The van der Waals surface area contributed by atoms with Crippen LogP contribution in [0.4, 0.5) is 0 Å². The maximum absolute atomic E-state index is 10.3. The molecule has 2 aromatic rings. The molecule has 5 nitrogen and oxygen atoms in total. The third-order valence-corrected chi connectivity index (χ3v) is 3.97. The SMILES string of the molecule is COc1cc(O)c2c(c1)OC(c1ccc(C)c(O)c1)C(O)C2. The Kier molecular flexibility index (Phi) is 3.58. The van der Waals surface area contributed by atoms with Gasteiger partial charge in [-0.3, -0.25) is 0 Å². The maximum atomic E-state index is 10.3. The molecule has 0 amide bonds. The third-order valence-electron chi connectivity index (χ3n) is 3.97. The molecular formula is C17H18O5. The van der Waals surface area contributed by atoms with Gasteiger partial charge in [0.1, 0.15) is 29.1 Å². The van der Waals surface area contributed by atoms with Gasteiger partial charge >= 0.3 is 0 Å². The van der Waals surface area contributed by atoms with Gasteiger partial charge in [0, 0.05) is 24.1 Å². The number of benzene rings is 2. The van der Waals surface area contributed by atoms with Crippen LogP contribution < -0.4 is 9.47 Å². The Balaban J connectivity index is 1.99. The van der Waals surface area contributed by atoms with Gasteiger partial charge in [-0.2, -0.15) is 0 Å². The average Bonchev–Trinajstić information content (AvgIpc) is 2.50. The van der Waals surface area contributed by atoms with Crippen molar-refractivity contribution in [2.45, 2.75) is 25.6 Å². The molecule has 3 N–H and O–H groups in total. The molecule has 2 aromatic carbocycles. The van der Waals surface area contributed by atoms with Gasteiger partial charge in [0.15, 0.2) is 0 Å². The maximum Gasteiger partial charge on any atom is 0.150 e. The summed E-state index contributed by atoms with van der Waals surface area (Å²) in [7, 11) is 1.51. The summed E-state index contributed by atoms with van der Waals surface area (Å²) in [6, 6.07) is 8.36. The highest BCUT2D eigenvalue weighted by molar-refractivity contribution is 5.52. The van der Waals surface area contributed by atoms with Crippen molar-refractivity contribution in [1.29, 1.82) is 0 Å². The molecule has 0 spiro atoms. The number of phenols is 2. The Hall–Kier alpha value is -2.40. The van der Waals surface area contributed by atoms with Crippen LogP contribution in [-0.2, 0) is 6.42 Å². The molecule has 22 heavy (non-hydrogen) atoms. The smallest absolute Gasteiger partial charge is 0.150 e. The topological polar surface area (TPSA) is 79.2 Å². The largest absolute Gasteiger partial charge is 0.508 e. The van der Waals surface area contributed by atoms with Crippen molar-refractivity contribution < 1.29 is 24.8 Å². The first-order valence-electron chi connectivity index (χ1n) is 7.03. The number of aliphatic hydroxyl groups is 1. The van der Waals surface area contributed by atoms with E-state index < -0.39 is 12.2 Å². The highest BCUT2D eigenvalue weighted by Crippen LogP contribution is 2.42. The molecule has 3 rings (SSSR count). The second-order valence-corrected chi connectivity index (χ2v) is 5.48. The van der Waals surface area contributed by atoms with Crippen LogP contribution in [0.15, 0.2) is 30.3 Å². The Morgan fingerprint density at radius 1 is 1.14 bits per heavy atom. The molecule has 2 unspecified atom stereocenters. The molecule has 0 saturated carbocycles. The molecule has 0 fully saturated rings. The normalized spacial score (nSPS) is 20.1. The summed E-state index contributed by atoms with van der Waals surface area (Å²) in [6.07, 6.45) is -1.15. The number of phenolic OH excluding ortho intramolecular Hbond substituents is 2. The van der Waals surface area contributed by atoms with E-state index in [-0.39, 0.29) is 17.9 Å². The van der Waals surface area contributed by atoms with Crippen molar-refractivity contribution in [1.82, 2.24) is 0 Å². The molecule has 0 radical (unpaired) electrons. The summed E-state index contributed by atoms with van der Waals surface area (Å²) in [4.78, 5) is 0. The number of rotatable bonds is 2. The van der Waals surface area contributed by atoms with Crippen LogP contribution >= 0.6 is 0 Å². The van der Waals surface area contributed by atoms with E-state index in [0.29, 0.717) is 22.6 Å². The molecule has 0 aliphatic carbocycles. The quantitative estimate of drug-likeness (QED) is 0.794. The second kappa shape index (κ2) is 5.42. The van der Waals surface area contributed by atoms with E-state index in [1.165, 1.54) is 13.2 Å². The van der Waals surface area contributed by atoms with E-state index in [2.05, 4.69) is 0 Å². The highest BCUT2D eigenvalue weighted by atomic mass is 16.5. The van der Waals surface area contributed by atoms with E-state index in [9.17, 15) is 15.3 Å². The molecule has 0 saturated heterocycles. The fraction of sp³-hybridized carbons (Fsp3) is 0.294. The Labute approximate surface area is 128 Å². The van der Waals surface area contributed by atoms with Crippen LogP contribution in [0.5, 0.6) is 23.0 Å². The fourth-order valence-electron chi connectivity index (χ4n) is 2.66. The monoisotopic (exact) mass is 302 g/mol. The van der Waals surface area contributed by atoms with Crippen molar-refractivity contribution in [2.24, 2.45) is 0 Å². The Morgan fingerprint density at radius 3 is 2.59 bits per heavy atom. The number of aromatic hydroxyl groups is 2. The summed E-state index contributed by atoms with van der Waals surface area (Å²) in [6.45, 7) is 1.80. The van der Waals surface area contributed by atoms with Crippen molar-refractivity contribution >= 4 is 0 Å². The molecule has 5 heteroatoms. The number of aryl methyl sites for hydroxylation is 1. The summed E-state index contributed by atoms with van der Waals surface area (Å²) < 4.78 is 11.0. The zero-order valence-electron chi connectivity index (χ0n) is 12.4. The predicted molar refractivity (Wildman–Crippen MR) is 80.6 cm³/mol. The minimum Gasteiger partial charge on any atom is -0.508 e. The van der Waals surface area contributed by atoms with E-state index in [4.69, 9.17) is 9.47 Å². The highest BCUT2D eigenvalue weighted by Gasteiger charge is 2.32. The van der Waals surface area contributed by atoms with Gasteiger partial charge in [0.2, 0.25) is 0 Å². The summed E-state index contributed by atoms with van der Waals surface area (Å²) in [5.74, 6) is 1.16. The van der Waals surface area contributed by atoms with Gasteiger partial charge in [-0.25, -0.2) is 0 Å². The second-order valence-electron chi connectivity index (χ2n) is 5.48. The number of methoxy groups -OCH3 is 1.